The van der Waals surface area contributed by atoms with Crippen molar-refractivity contribution in [3.05, 3.63) is 32.6 Å². The van der Waals surface area contributed by atoms with Gasteiger partial charge in [0.2, 0.25) is 0 Å². The normalized spacial score (nSPS) is 33.1. The second-order valence-corrected chi connectivity index (χ2v) is 7.78. The largest absolute Gasteiger partial charge is 0.381 e. The van der Waals surface area contributed by atoms with E-state index in [2.05, 4.69) is 10.9 Å². The van der Waals surface area contributed by atoms with Crippen LogP contribution in [-0.2, 0) is 23.3 Å². The van der Waals surface area contributed by atoms with Crippen LogP contribution in [0.1, 0.15) is 11.8 Å². The maximum absolute atomic E-state index is 12.2. The SMILES string of the molecule is C#Cc1cn([C@@H]2O[C@@]3(COC)CO[C@H]2C3OP(C)(=O)O)c(=O)[nH]c1=O. The van der Waals surface area contributed by atoms with Crippen LogP contribution < -0.4 is 11.2 Å². The average molecular weight is 372 g/mol. The molecule has 2 aliphatic heterocycles. The van der Waals surface area contributed by atoms with Gasteiger partial charge < -0.3 is 19.1 Å². The maximum Gasteiger partial charge on any atom is 0.330 e. The van der Waals surface area contributed by atoms with Gasteiger partial charge in [-0.3, -0.25) is 23.4 Å². The minimum atomic E-state index is -3.86. The lowest BCUT2D eigenvalue weighted by molar-refractivity contribution is -0.190. The summed E-state index contributed by atoms with van der Waals surface area (Å²) in [5.41, 5.74) is -2.67. The molecular weight excluding hydrogens is 355 g/mol. The lowest BCUT2D eigenvalue weighted by Crippen LogP contribution is -2.46. The number of terminal acetylenes is 1. The highest BCUT2D eigenvalue weighted by Gasteiger charge is 2.64. The Morgan fingerprint density at radius 3 is 2.92 bits per heavy atom. The first-order valence-electron chi connectivity index (χ1n) is 7.30. The lowest BCUT2D eigenvalue weighted by Gasteiger charge is -2.31. The Hall–Kier alpha value is -1.73. The average Bonchev–Trinajstić information content (AvgIpc) is 2.97. The Kier molecular flexibility index (Phi) is 4.49. The third-order valence-electron chi connectivity index (χ3n) is 4.07. The third kappa shape index (κ3) is 3.11. The zero-order chi connectivity index (χ0) is 18.4. The number of hydrogen-bond acceptors (Lipinski definition) is 7. The summed E-state index contributed by atoms with van der Waals surface area (Å²) < 4.78 is 34.8. The molecule has 2 N–H and O–H groups in total. The molecule has 0 saturated carbocycles. The minimum Gasteiger partial charge on any atom is -0.381 e. The van der Waals surface area contributed by atoms with Crippen molar-refractivity contribution in [2.75, 3.05) is 27.0 Å². The molecule has 136 valence electrons. The number of rotatable bonds is 5. The Morgan fingerprint density at radius 2 is 2.32 bits per heavy atom. The molecule has 25 heavy (non-hydrogen) atoms. The molecule has 2 unspecified atom stereocenters. The van der Waals surface area contributed by atoms with Crippen LogP contribution in [0.5, 0.6) is 0 Å². The van der Waals surface area contributed by atoms with Crippen molar-refractivity contribution in [2.24, 2.45) is 0 Å². The van der Waals surface area contributed by atoms with Crippen LogP contribution in [-0.4, -0.2) is 59.2 Å². The Labute approximate surface area is 142 Å². The fraction of sp³-hybridized carbons (Fsp3) is 0.571. The van der Waals surface area contributed by atoms with Gasteiger partial charge in [0, 0.05) is 20.0 Å². The lowest BCUT2D eigenvalue weighted by atomic mass is 10.0. The molecule has 2 saturated heterocycles. The Balaban J connectivity index is 2.04. The van der Waals surface area contributed by atoms with Gasteiger partial charge >= 0.3 is 13.3 Å². The van der Waals surface area contributed by atoms with Crippen molar-refractivity contribution in [1.82, 2.24) is 9.55 Å². The van der Waals surface area contributed by atoms with Gasteiger partial charge in [-0.2, -0.15) is 0 Å². The van der Waals surface area contributed by atoms with Gasteiger partial charge in [0.1, 0.15) is 23.4 Å². The van der Waals surface area contributed by atoms with Crippen molar-refractivity contribution >= 4 is 7.60 Å². The highest BCUT2D eigenvalue weighted by Crippen LogP contribution is 2.52. The number of fused-ring (bicyclic) bond motifs is 2. The van der Waals surface area contributed by atoms with Crippen LogP contribution >= 0.6 is 7.60 Å². The van der Waals surface area contributed by atoms with Crippen LogP contribution in [0.3, 0.4) is 0 Å². The molecule has 11 heteroatoms. The third-order valence-corrected chi connectivity index (χ3v) is 4.69. The number of methoxy groups -OCH3 is 1. The number of aromatic amines is 1. The fourth-order valence-electron chi connectivity index (χ4n) is 3.11. The van der Waals surface area contributed by atoms with Crippen molar-refractivity contribution in [1.29, 1.82) is 0 Å². The van der Waals surface area contributed by atoms with E-state index in [0.717, 1.165) is 11.2 Å². The van der Waals surface area contributed by atoms with Crippen molar-refractivity contribution in [3.63, 3.8) is 0 Å². The van der Waals surface area contributed by atoms with E-state index >= 15 is 0 Å². The zero-order valence-electron chi connectivity index (χ0n) is 13.5. The molecule has 5 atom stereocenters. The van der Waals surface area contributed by atoms with E-state index in [1.165, 1.54) is 13.3 Å². The molecule has 0 amide bonds. The predicted molar refractivity (Wildman–Crippen MR) is 84.3 cm³/mol. The Bertz CT molecular complexity index is 880. The molecule has 1 aromatic rings. The smallest absolute Gasteiger partial charge is 0.330 e. The first kappa shape index (κ1) is 18.1. The van der Waals surface area contributed by atoms with E-state index in [4.69, 9.17) is 25.2 Å². The van der Waals surface area contributed by atoms with Crippen molar-refractivity contribution < 1.29 is 28.2 Å². The molecule has 0 spiro atoms. The number of nitrogens with zero attached hydrogens (tertiary/aromatic N) is 1. The topological polar surface area (TPSA) is 129 Å². The van der Waals surface area contributed by atoms with Crippen LogP contribution in [0.25, 0.3) is 0 Å². The number of nitrogens with one attached hydrogen (secondary N) is 1. The van der Waals surface area contributed by atoms with E-state index in [1.807, 2.05) is 0 Å². The molecule has 3 rings (SSSR count). The summed E-state index contributed by atoms with van der Waals surface area (Å²) >= 11 is 0. The molecule has 10 nitrogen and oxygen atoms in total. The first-order valence-corrected chi connectivity index (χ1v) is 9.32. The summed E-state index contributed by atoms with van der Waals surface area (Å²) in [7, 11) is -2.43. The second kappa shape index (κ2) is 6.21. The summed E-state index contributed by atoms with van der Waals surface area (Å²) in [4.78, 5) is 35.5. The molecule has 0 aliphatic carbocycles. The molecular formula is C14H17N2O8P. The van der Waals surface area contributed by atoms with Crippen molar-refractivity contribution in [2.45, 2.75) is 24.0 Å². The number of H-pyrrole nitrogens is 1. The number of ether oxygens (including phenoxy) is 3. The summed E-state index contributed by atoms with van der Waals surface area (Å²) in [6, 6.07) is 0. The quantitative estimate of drug-likeness (QED) is 0.499. The molecule has 3 heterocycles. The van der Waals surface area contributed by atoms with Crippen LogP contribution in [0.15, 0.2) is 15.8 Å². The predicted octanol–water partition coefficient (Wildman–Crippen LogP) is -0.969. The summed E-state index contributed by atoms with van der Waals surface area (Å²) in [5, 5.41) is 0. The second-order valence-electron chi connectivity index (χ2n) is 5.96. The Morgan fingerprint density at radius 1 is 1.60 bits per heavy atom. The monoisotopic (exact) mass is 372 g/mol. The summed E-state index contributed by atoms with van der Waals surface area (Å²) in [5.74, 6) is 2.17. The van der Waals surface area contributed by atoms with Gasteiger partial charge in [0.15, 0.2) is 6.23 Å². The highest BCUT2D eigenvalue weighted by molar-refractivity contribution is 7.51. The van der Waals surface area contributed by atoms with Gasteiger partial charge in [-0.05, 0) is 0 Å². The molecule has 0 radical (unpaired) electrons. The minimum absolute atomic E-state index is 0.0186. The van der Waals surface area contributed by atoms with E-state index in [0.29, 0.717) is 0 Å². The molecule has 1 aromatic heterocycles. The van der Waals surface area contributed by atoms with Crippen molar-refractivity contribution in [3.8, 4) is 12.3 Å². The molecule has 0 aromatic carbocycles. The molecule has 2 fully saturated rings. The molecule has 2 aliphatic rings. The summed E-state index contributed by atoms with van der Waals surface area (Å²) in [6.45, 7) is 1.13. The van der Waals surface area contributed by atoms with Gasteiger partial charge in [-0.25, -0.2) is 4.79 Å². The van der Waals surface area contributed by atoms with E-state index in [-0.39, 0.29) is 18.8 Å². The highest BCUT2D eigenvalue weighted by atomic mass is 31.2. The first-order chi connectivity index (χ1) is 11.7. The van der Waals surface area contributed by atoms with Gasteiger partial charge in [0.25, 0.3) is 5.56 Å². The van der Waals surface area contributed by atoms with Crippen LogP contribution in [0.2, 0.25) is 0 Å². The van der Waals surface area contributed by atoms with E-state index in [1.54, 1.807) is 0 Å². The van der Waals surface area contributed by atoms with E-state index in [9.17, 15) is 19.0 Å². The number of aromatic nitrogens is 2. The maximum atomic E-state index is 12.2. The summed E-state index contributed by atoms with van der Waals surface area (Å²) in [6.07, 6.45) is 3.64. The fourth-order valence-corrected chi connectivity index (χ4v) is 3.84. The van der Waals surface area contributed by atoms with Crippen LogP contribution in [0, 0.1) is 12.3 Å². The van der Waals surface area contributed by atoms with Gasteiger partial charge in [-0.15, -0.1) is 6.42 Å². The van der Waals surface area contributed by atoms with Gasteiger partial charge in [-0.1, -0.05) is 5.92 Å². The number of hydrogen-bond donors (Lipinski definition) is 2. The van der Waals surface area contributed by atoms with Crippen LogP contribution in [0.4, 0.5) is 0 Å². The zero-order valence-corrected chi connectivity index (χ0v) is 14.4. The van der Waals surface area contributed by atoms with E-state index < -0.39 is 42.9 Å². The standard InChI is InChI=1S/C14H17N2O8P/c1-4-8-5-16(13(18)15-11(8)17)12-9-10(24-25(3,19)20)14(23-12,6-21-2)7-22-9/h1,5,9-10,12H,6-7H2,2-3H3,(H,19,20)(H,15,17,18)/t9-,10?,12+,14-/m0/s1. The van der Waals surface area contributed by atoms with Gasteiger partial charge in [0.05, 0.1) is 13.2 Å². The molecule has 2 bridgehead atoms.